The lowest BCUT2D eigenvalue weighted by Gasteiger charge is -2.21. The Labute approximate surface area is 105 Å². The molecule has 0 aliphatic rings. The van der Waals surface area contributed by atoms with Crippen molar-refractivity contribution in [2.45, 2.75) is 47.2 Å². The third-order valence-electron chi connectivity index (χ3n) is 3.38. The Kier molecular flexibility index (Phi) is 5.16. The van der Waals surface area contributed by atoms with Gasteiger partial charge in [-0.05, 0) is 43.4 Å². The molecule has 1 aromatic rings. The molecule has 0 radical (unpaired) electrons. The fourth-order valence-corrected chi connectivity index (χ4v) is 2.23. The summed E-state index contributed by atoms with van der Waals surface area (Å²) in [5.41, 5.74) is 5.33. The molecule has 0 spiro atoms. The van der Waals surface area contributed by atoms with Gasteiger partial charge in [0, 0.05) is 12.6 Å². The quantitative estimate of drug-likeness (QED) is 0.822. The molecule has 1 rings (SSSR count). The van der Waals surface area contributed by atoms with Crippen molar-refractivity contribution in [1.82, 2.24) is 5.32 Å². The van der Waals surface area contributed by atoms with E-state index in [0.29, 0.717) is 5.92 Å². The van der Waals surface area contributed by atoms with E-state index in [1.807, 2.05) is 0 Å². The van der Waals surface area contributed by atoms with E-state index in [4.69, 9.17) is 0 Å². The van der Waals surface area contributed by atoms with Crippen molar-refractivity contribution in [3.63, 3.8) is 0 Å². The van der Waals surface area contributed by atoms with Crippen LogP contribution in [-0.2, 0) is 6.54 Å². The van der Waals surface area contributed by atoms with E-state index in [-0.39, 0.29) is 12.6 Å². The molecule has 2 nitrogen and oxygen atoms in total. The molecule has 0 heterocycles. The minimum absolute atomic E-state index is 0.176. The molecule has 0 aliphatic heterocycles. The summed E-state index contributed by atoms with van der Waals surface area (Å²) in [5.74, 6) is 0.450. The van der Waals surface area contributed by atoms with Gasteiger partial charge in [-0.2, -0.15) is 0 Å². The van der Waals surface area contributed by atoms with Gasteiger partial charge in [0.15, 0.2) is 0 Å². The van der Waals surface area contributed by atoms with Crippen LogP contribution < -0.4 is 5.32 Å². The SMILES string of the molecule is Cc1cc(C)c(CNC(CO)C(C)C)c(C)c1. The van der Waals surface area contributed by atoms with Gasteiger partial charge in [-0.3, -0.25) is 0 Å². The maximum Gasteiger partial charge on any atom is 0.0587 e. The molecular formula is C15H25NO. The van der Waals surface area contributed by atoms with Crippen LogP contribution >= 0.6 is 0 Å². The number of aliphatic hydroxyl groups excluding tert-OH is 1. The molecule has 0 aromatic heterocycles. The molecule has 0 saturated heterocycles. The highest BCUT2D eigenvalue weighted by Gasteiger charge is 2.12. The summed E-state index contributed by atoms with van der Waals surface area (Å²) in [6, 6.07) is 4.61. The summed E-state index contributed by atoms with van der Waals surface area (Å²) >= 11 is 0. The predicted octanol–water partition coefficient (Wildman–Crippen LogP) is 2.72. The Bertz CT molecular complexity index is 348. The number of rotatable bonds is 5. The van der Waals surface area contributed by atoms with Crippen LogP contribution in [0.2, 0.25) is 0 Å². The van der Waals surface area contributed by atoms with E-state index >= 15 is 0 Å². The van der Waals surface area contributed by atoms with E-state index in [1.165, 1.54) is 22.3 Å². The standard InChI is InChI=1S/C15H25NO/c1-10(2)15(9-17)16-8-14-12(4)6-11(3)7-13(14)5/h6-7,10,15-17H,8-9H2,1-5H3. The van der Waals surface area contributed by atoms with E-state index in [1.54, 1.807) is 0 Å². The fraction of sp³-hybridized carbons (Fsp3) is 0.600. The number of hydrogen-bond donors (Lipinski definition) is 2. The number of benzene rings is 1. The fourth-order valence-electron chi connectivity index (χ4n) is 2.23. The molecule has 0 bridgehead atoms. The van der Waals surface area contributed by atoms with Gasteiger partial charge >= 0.3 is 0 Å². The summed E-state index contributed by atoms with van der Waals surface area (Å²) in [4.78, 5) is 0. The van der Waals surface area contributed by atoms with E-state index in [2.05, 4.69) is 52.1 Å². The first-order chi connectivity index (χ1) is 7.95. The largest absolute Gasteiger partial charge is 0.395 e. The number of aliphatic hydroxyl groups is 1. The first-order valence-electron chi connectivity index (χ1n) is 6.36. The smallest absolute Gasteiger partial charge is 0.0587 e. The van der Waals surface area contributed by atoms with Crippen LogP contribution in [0, 0.1) is 26.7 Å². The lowest BCUT2D eigenvalue weighted by atomic mass is 9.98. The van der Waals surface area contributed by atoms with Crippen molar-refractivity contribution in [1.29, 1.82) is 0 Å². The molecule has 2 N–H and O–H groups in total. The first kappa shape index (κ1) is 14.2. The van der Waals surface area contributed by atoms with Crippen LogP contribution in [0.1, 0.15) is 36.1 Å². The molecule has 1 atom stereocenters. The summed E-state index contributed by atoms with van der Waals surface area (Å²) in [6.07, 6.45) is 0. The van der Waals surface area contributed by atoms with Crippen LogP contribution in [0.3, 0.4) is 0 Å². The molecule has 0 amide bonds. The van der Waals surface area contributed by atoms with Gasteiger partial charge in [0.05, 0.1) is 6.61 Å². The minimum Gasteiger partial charge on any atom is -0.395 e. The number of nitrogens with one attached hydrogen (secondary N) is 1. The molecule has 0 fully saturated rings. The highest BCUT2D eigenvalue weighted by Crippen LogP contribution is 2.16. The van der Waals surface area contributed by atoms with Gasteiger partial charge < -0.3 is 10.4 Å². The second-order valence-electron chi connectivity index (χ2n) is 5.29. The highest BCUT2D eigenvalue weighted by atomic mass is 16.3. The zero-order chi connectivity index (χ0) is 13.0. The van der Waals surface area contributed by atoms with Crippen molar-refractivity contribution in [2.75, 3.05) is 6.61 Å². The summed E-state index contributed by atoms with van der Waals surface area (Å²) < 4.78 is 0. The Hall–Kier alpha value is -0.860. The Balaban J connectivity index is 2.75. The van der Waals surface area contributed by atoms with Crippen molar-refractivity contribution in [3.8, 4) is 0 Å². The van der Waals surface area contributed by atoms with Crippen LogP contribution in [0.25, 0.3) is 0 Å². The number of aryl methyl sites for hydroxylation is 3. The maximum atomic E-state index is 9.29. The normalized spacial score (nSPS) is 13.1. The summed E-state index contributed by atoms with van der Waals surface area (Å²) in [5, 5.41) is 12.7. The maximum absolute atomic E-state index is 9.29. The molecule has 2 heteroatoms. The van der Waals surface area contributed by atoms with Gasteiger partial charge in [0.25, 0.3) is 0 Å². The molecule has 0 aliphatic carbocycles. The van der Waals surface area contributed by atoms with Gasteiger partial charge in [-0.25, -0.2) is 0 Å². The molecule has 1 unspecified atom stereocenters. The molecule has 0 saturated carbocycles. The lowest BCUT2D eigenvalue weighted by molar-refractivity contribution is 0.210. The Morgan fingerprint density at radius 3 is 2.06 bits per heavy atom. The zero-order valence-electron chi connectivity index (χ0n) is 11.7. The van der Waals surface area contributed by atoms with Crippen molar-refractivity contribution >= 4 is 0 Å². The van der Waals surface area contributed by atoms with E-state index < -0.39 is 0 Å². The third-order valence-corrected chi connectivity index (χ3v) is 3.38. The molecule has 17 heavy (non-hydrogen) atoms. The van der Waals surface area contributed by atoms with Gasteiger partial charge in [-0.15, -0.1) is 0 Å². The third kappa shape index (κ3) is 3.83. The monoisotopic (exact) mass is 235 g/mol. The minimum atomic E-state index is 0.176. The topological polar surface area (TPSA) is 32.3 Å². The zero-order valence-corrected chi connectivity index (χ0v) is 11.7. The lowest BCUT2D eigenvalue weighted by Crippen LogP contribution is -2.36. The predicted molar refractivity (Wildman–Crippen MR) is 73.2 cm³/mol. The molecule has 96 valence electrons. The molecular weight excluding hydrogens is 210 g/mol. The van der Waals surface area contributed by atoms with E-state index in [9.17, 15) is 5.11 Å². The molecule has 1 aromatic carbocycles. The summed E-state index contributed by atoms with van der Waals surface area (Å²) in [7, 11) is 0. The van der Waals surface area contributed by atoms with Crippen molar-refractivity contribution in [2.24, 2.45) is 5.92 Å². The second-order valence-corrected chi connectivity index (χ2v) is 5.29. The second kappa shape index (κ2) is 6.18. The van der Waals surface area contributed by atoms with Crippen molar-refractivity contribution < 1.29 is 5.11 Å². The van der Waals surface area contributed by atoms with Crippen LogP contribution in [-0.4, -0.2) is 17.8 Å². The van der Waals surface area contributed by atoms with Crippen molar-refractivity contribution in [3.05, 3.63) is 34.4 Å². The average Bonchev–Trinajstić information content (AvgIpc) is 2.21. The van der Waals surface area contributed by atoms with Gasteiger partial charge in [0.1, 0.15) is 0 Å². The highest BCUT2D eigenvalue weighted by molar-refractivity contribution is 5.37. The van der Waals surface area contributed by atoms with Crippen LogP contribution in [0.5, 0.6) is 0 Å². The van der Waals surface area contributed by atoms with Crippen LogP contribution in [0.4, 0.5) is 0 Å². The Morgan fingerprint density at radius 1 is 1.12 bits per heavy atom. The number of hydrogen-bond acceptors (Lipinski definition) is 2. The summed E-state index contributed by atoms with van der Waals surface area (Å²) in [6.45, 7) is 11.7. The first-order valence-corrected chi connectivity index (χ1v) is 6.36. The van der Waals surface area contributed by atoms with E-state index in [0.717, 1.165) is 6.54 Å². The van der Waals surface area contributed by atoms with Crippen LogP contribution in [0.15, 0.2) is 12.1 Å². The van der Waals surface area contributed by atoms with Gasteiger partial charge in [0.2, 0.25) is 0 Å². The van der Waals surface area contributed by atoms with Gasteiger partial charge in [-0.1, -0.05) is 31.5 Å². The Morgan fingerprint density at radius 2 is 1.65 bits per heavy atom. The average molecular weight is 235 g/mol.